The fourth-order valence-corrected chi connectivity index (χ4v) is 3.01. The molecule has 1 saturated carbocycles. The molecule has 0 bridgehead atoms. The van der Waals surface area contributed by atoms with Gasteiger partial charge in [-0.3, -0.25) is 0 Å². The highest BCUT2D eigenvalue weighted by Crippen LogP contribution is 2.41. The van der Waals surface area contributed by atoms with E-state index in [4.69, 9.17) is 0 Å². The minimum atomic E-state index is 0.577. The first-order chi connectivity index (χ1) is 6.60. The normalized spacial score (nSPS) is 29.1. The van der Waals surface area contributed by atoms with Crippen LogP contribution in [-0.4, -0.2) is 13.1 Å². The van der Waals surface area contributed by atoms with Gasteiger partial charge < -0.3 is 5.32 Å². The highest BCUT2D eigenvalue weighted by atomic mass is 14.9. The monoisotopic (exact) mass is 197 g/mol. The molecule has 1 nitrogen and oxygen atoms in total. The molecule has 0 radical (unpaired) electrons. The first kappa shape index (κ1) is 12.0. The third-order valence-corrected chi connectivity index (χ3v) is 4.13. The minimum absolute atomic E-state index is 0.577. The Kier molecular flexibility index (Phi) is 4.43. The van der Waals surface area contributed by atoms with Crippen LogP contribution in [0.1, 0.15) is 59.3 Å². The molecule has 0 aliphatic heterocycles. The zero-order valence-electron chi connectivity index (χ0n) is 10.4. The van der Waals surface area contributed by atoms with Crippen molar-refractivity contribution in [2.75, 3.05) is 7.05 Å². The van der Waals surface area contributed by atoms with E-state index in [2.05, 4.69) is 33.1 Å². The Morgan fingerprint density at radius 3 is 2.14 bits per heavy atom. The van der Waals surface area contributed by atoms with Gasteiger partial charge in [-0.25, -0.2) is 0 Å². The van der Waals surface area contributed by atoms with Crippen LogP contribution < -0.4 is 5.32 Å². The molecule has 0 heterocycles. The summed E-state index contributed by atoms with van der Waals surface area (Å²) < 4.78 is 0. The maximum Gasteiger partial charge on any atom is 0.00642 e. The first-order valence-corrected chi connectivity index (χ1v) is 6.27. The van der Waals surface area contributed by atoms with Crippen molar-refractivity contribution in [1.82, 2.24) is 5.32 Å². The van der Waals surface area contributed by atoms with Gasteiger partial charge in [0.15, 0.2) is 0 Å². The van der Waals surface area contributed by atoms with Crippen molar-refractivity contribution < 1.29 is 0 Å². The largest absolute Gasteiger partial charge is 0.317 e. The van der Waals surface area contributed by atoms with Gasteiger partial charge in [-0.05, 0) is 50.5 Å². The number of hydrogen-bond acceptors (Lipinski definition) is 1. The molecule has 0 amide bonds. The van der Waals surface area contributed by atoms with Crippen LogP contribution >= 0.6 is 0 Å². The zero-order chi connectivity index (χ0) is 10.6. The van der Waals surface area contributed by atoms with Crippen LogP contribution in [0.2, 0.25) is 0 Å². The van der Waals surface area contributed by atoms with E-state index in [0.29, 0.717) is 5.41 Å². The van der Waals surface area contributed by atoms with Gasteiger partial charge >= 0.3 is 0 Å². The number of rotatable bonds is 4. The maximum absolute atomic E-state index is 3.41. The molecule has 0 atom stereocenters. The van der Waals surface area contributed by atoms with Crippen LogP contribution in [0, 0.1) is 11.3 Å². The molecular weight excluding hydrogens is 170 g/mol. The quantitative estimate of drug-likeness (QED) is 0.726. The summed E-state index contributed by atoms with van der Waals surface area (Å²) in [5, 5.41) is 3.41. The number of nitrogens with one attached hydrogen (secondary N) is 1. The third kappa shape index (κ3) is 2.98. The fraction of sp³-hybridized carbons (Fsp3) is 1.00. The SMILES string of the molecule is CCCC(C)(C)C1CCC(NC)CC1. The lowest BCUT2D eigenvalue weighted by atomic mass is 9.68. The summed E-state index contributed by atoms with van der Waals surface area (Å²) in [6.07, 6.45) is 8.35. The van der Waals surface area contributed by atoms with Crippen molar-refractivity contribution in [3.05, 3.63) is 0 Å². The van der Waals surface area contributed by atoms with Crippen LogP contribution in [0.3, 0.4) is 0 Å². The van der Waals surface area contributed by atoms with Gasteiger partial charge in [-0.1, -0.05) is 27.2 Å². The standard InChI is InChI=1S/C13H27N/c1-5-10-13(2,3)11-6-8-12(14-4)9-7-11/h11-12,14H,5-10H2,1-4H3. The van der Waals surface area contributed by atoms with Gasteiger partial charge in [0.25, 0.3) is 0 Å². The molecule has 1 rings (SSSR count). The predicted molar refractivity (Wildman–Crippen MR) is 63.5 cm³/mol. The molecule has 14 heavy (non-hydrogen) atoms. The summed E-state index contributed by atoms with van der Waals surface area (Å²) in [5.74, 6) is 0.965. The van der Waals surface area contributed by atoms with Crippen LogP contribution in [-0.2, 0) is 0 Å². The molecule has 1 heteroatoms. The van der Waals surface area contributed by atoms with Gasteiger partial charge in [0.2, 0.25) is 0 Å². The van der Waals surface area contributed by atoms with E-state index < -0.39 is 0 Å². The van der Waals surface area contributed by atoms with Crippen LogP contribution in [0.4, 0.5) is 0 Å². The molecule has 0 aromatic carbocycles. The topological polar surface area (TPSA) is 12.0 Å². The van der Waals surface area contributed by atoms with Gasteiger partial charge in [-0.15, -0.1) is 0 Å². The fourth-order valence-electron chi connectivity index (χ4n) is 3.01. The Bertz CT molecular complexity index is 155. The number of hydrogen-bond donors (Lipinski definition) is 1. The van der Waals surface area contributed by atoms with Gasteiger partial charge in [0, 0.05) is 6.04 Å². The molecule has 0 aromatic heterocycles. The molecule has 1 fully saturated rings. The van der Waals surface area contributed by atoms with Crippen molar-refractivity contribution in [2.45, 2.75) is 65.3 Å². The summed E-state index contributed by atoms with van der Waals surface area (Å²) in [6.45, 7) is 7.22. The van der Waals surface area contributed by atoms with Crippen molar-refractivity contribution in [3.63, 3.8) is 0 Å². The Hall–Kier alpha value is -0.0400. The molecule has 0 saturated heterocycles. The predicted octanol–water partition coefficient (Wildman–Crippen LogP) is 3.59. The highest BCUT2D eigenvalue weighted by Gasteiger charge is 2.31. The van der Waals surface area contributed by atoms with E-state index in [1.165, 1.54) is 38.5 Å². The average Bonchev–Trinajstić information content (AvgIpc) is 2.18. The van der Waals surface area contributed by atoms with E-state index in [1.807, 2.05) is 0 Å². The lowest BCUT2D eigenvalue weighted by molar-refractivity contribution is 0.132. The summed E-state index contributed by atoms with van der Waals surface area (Å²) in [4.78, 5) is 0. The van der Waals surface area contributed by atoms with Crippen molar-refractivity contribution in [2.24, 2.45) is 11.3 Å². The van der Waals surface area contributed by atoms with Crippen LogP contribution in [0.5, 0.6) is 0 Å². The third-order valence-electron chi connectivity index (χ3n) is 4.13. The molecule has 0 unspecified atom stereocenters. The Morgan fingerprint density at radius 2 is 1.71 bits per heavy atom. The van der Waals surface area contributed by atoms with E-state index in [1.54, 1.807) is 0 Å². The first-order valence-electron chi connectivity index (χ1n) is 6.27. The Balaban J connectivity index is 2.40. The lowest BCUT2D eigenvalue weighted by Crippen LogP contribution is -2.35. The molecule has 0 aromatic rings. The van der Waals surface area contributed by atoms with Crippen molar-refractivity contribution in [3.8, 4) is 0 Å². The van der Waals surface area contributed by atoms with Gasteiger partial charge in [-0.2, -0.15) is 0 Å². The molecule has 1 aliphatic rings. The zero-order valence-corrected chi connectivity index (χ0v) is 10.4. The van der Waals surface area contributed by atoms with Crippen LogP contribution in [0.25, 0.3) is 0 Å². The van der Waals surface area contributed by atoms with Gasteiger partial charge in [0.1, 0.15) is 0 Å². The van der Waals surface area contributed by atoms with Crippen molar-refractivity contribution in [1.29, 1.82) is 0 Å². The molecule has 1 aliphatic carbocycles. The lowest BCUT2D eigenvalue weighted by Gasteiger charge is -2.39. The average molecular weight is 197 g/mol. The smallest absolute Gasteiger partial charge is 0.00642 e. The minimum Gasteiger partial charge on any atom is -0.317 e. The Morgan fingerprint density at radius 1 is 1.14 bits per heavy atom. The summed E-state index contributed by atoms with van der Waals surface area (Å²) in [5.41, 5.74) is 0.577. The Labute approximate surface area is 89.7 Å². The summed E-state index contributed by atoms with van der Waals surface area (Å²) in [6, 6.07) is 0.795. The molecule has 0 spiro atoms. The van der Waals surface area contributed by atoms with Gasteiger partial charge in [0.05, 0.1) is 0 Å². The van der Waals surface area contributed by atoms with E-state index in [0.717, 1.165) is 12.0 Å². The van der Waals surface area contributed by atoms with E-state index >= 15 is 0 Å². The van der Waals surface area contributed by atoms with E-state index in [9.17, 15) is 0 Å². The molecular formula is C13H27N. The summed E-state index contributed by atoms with van der Waals surface area (Å²) >= 11 is 0. The second kappa shape index (κ2) is 5.16. The van der Waals surface area contributed by atoms with Crippen molar-refractivity contribution >= 4 is 0 Å². The summed E-state index contributed by atoms with van der Waals surface area (Å²) in [7, 11) is 2.10. The maximum atomic E-state index is 3.41. The second-order valence-electron chi connectivity index (χ2n) is 5.58. The van der Waals surface area contributed by atoms with E-state index in [-0.39, 0.29) is 0 Å². The highest BCUT2D eigenvalue weighted by molar-refractivity contribution is 4.84. The second-order valence-corrected chi connectivity index (χ2v) is 5.58. The van der Waals surface area contributed by atoms with Crippen LogP contribution in [0.15, 0.2) is 0 Å². The molecule has 1 N–H and O–H groups in total. The molecule has 84 valence electrons.